The van der Waals surface area contributed by atoms with Gasteiger partial charge < -0.3 is 10.2 Å². The van der Waals surface area contributed by atoms with Crippen LogP contribution in [0, 0.1) is 11.8 Å². The van der Waals surface area contributed by atoms with E-state index in [1.54, 1.807) is 0 Å². The van der Waals surface area contributed by atoms with Gasteiger partial charge in [-0.1, -0.05) is 30.4 Å². The monoisotopic (exact) mass is 273 g/mol. The molecule has 1 aliphatic rings. The predicted octanol–water partition coefficient (Wildman–Crippen LogP) is 1.77. The molecule has 20 heavy (non-hydrogen) atoms. The summed E-state index contributed by atoms with van der Waals surface area (Å²) in [5.41, 5.74) is 2.20. The van der Waals surface area contributed by atoms with Crippen molar-refractivity contribution < 1.29 is 10.2 Å². The first kappa shape index (κ1) is 15.1. The highest BCUT2D eigenvalue weighted by Crippen LogP contribution is 2.26. The Kier molecular flexibility index (Phi) is 6.07. The highest BCUT2D eigenvalue weighted by Gasteiger charge is 2.24. The van der Waals surface area contributed by atoms with Gasteiger partial charge >= 0.3 is 0 Å². The van der Waals surface area contributed by atoms with Gasteiger partial charge in [0.1, 0.15) is 6.61 Å². The van der Waals surface area contributed by atoms with Gasteiger partial charge in [-0.3, -0.25) is 4.90 Å². The van der Waals surface area contributed by atoms with E-state index in [2.05, 4.69) is 28.9 Å². The summed E-state index contributed by atoms with van der Waals surface area (Å²) in [6, 6.07) is 8.87. The number of rotatable bonds is 6. The topological polar surface area (TPSA) is 43.7 Å². The average molecular weight is 273 g/mol. The van der Waals surface area contributed by atoms with Gasteiger partial charge in [0, 0.05) is 31.3 Å². The molecule has 1 aliphatic carbocycles. The molecule has 0 aromatic heterocycles. The van der Waals surface area contributed by atoms with E-state index in [0.717, 1.165) is 25.1 Å². The molecule has 1 saturated carbocycles. The van der Waals surface area contributed by atoms with Crippen LogP contribution in [-0.4, -0.2) is 40.9 Å². The maximum atomic E-state index is 9.03. The summed E-state index contributed by atoms with van der Waals surface area (Å²) < 4.78 is 0. The zero-order valence-corrected chi connectivity index (χ0v) is 11.9. The number of benzene rings is 1. The molecule has 2 N–H and O–H groups in total. The zero-order chi connectivity index (χ0) is 14.2. The van der Waals surface area contributed by atoms with E-state index >= 15 is 0 Å². The van der Waals surface area contributed by atoms with Crippen LogP contribution in [0.5, 0.6) is 0 Å². The lowest BCUT2D eigenvalue weighted by atomic mass is 9.91. The van der Waals surface area contributed by atoms with Crippen LogP contribution in [0.1, 0.15) is 36.8 Å². The lowest BCUT2D eigenvalue weighted by molar-refractivity contribution is 0.109. The standard InChI is InChI=1S/C17H23NO2/c19-11-3-7-15-5-1-6-16(13-15)14-18(10-4-12-20)17-8-2-9-17/h1,5-6,13,17,19-20H,2,4,8-12,14H2. The van der Waals surface area contributed by atoms with Crippen LogP contribution >= 0.6 is 0 Å². The Morgan fingerprint density at radius 3 is 2.75 bits per heavy atom. The first-order valence-corrected chi connectivity index (χ1v) is 7.37. The Morgan fingerprint density at radius 2 is 2.10 bits per heavy atom. The highest BCUT2D eigenvalue weighted by atomic mass is 16.3. The van der Waals surface area contributed by atoms with Crippen LogP contribution in [-0.2, 0) is 6.54 Å². The maximum absolute atomic E-state index is 9.03. The molecule has 0 heterocycles. The van der Waals surface area contributed by atoms with E-state index in [4.69, 9.17) is 10.2 Å². The minimum absolute atomic E-state index is 0.102. The lowest BCUT2D eigenvalue weighted by Crippen LogP contribution is -2.40. The molecule has 1 aromatic carbocycles. The molecule has 1 aromatic rings. The Hall–Kier alpha value is -1.34. The van der Waals surface area contributed by atoms with E-state index in [9.17, 15) is 0 Å². The molecule has 0 atom stereocenters. The van der Waals surface area contributed by atoms with Crippen molar-refractivity contribution in [3.05, 3.63) is 35.4 Å². The SMILES string of the molecule is OCC#Cc1cccc(CN(CCCO)C2CCC2)c1. The second-order valence-electron chi connectivity index (χ2n) is 5.29. The van der Waals surface area contributed by atoms with Crippen LogP contribution < -0.4 is 0 Å². The van der Waals surface area contributed by atoms with E-state index in [1.165, 1.54) is 24.8 Å². The van der Waals surface area contributed by atoms with Crippen LogP contribution in [0.4, 0.5) is 0 Å². The second kappa shape index (κ2) is 8.06. The van der Waals surface area contributed by atoms with Crippen LogP contribution in [0.15, 0.2) is 24.3 Å². The van der Waals surface area contributed by atoms with Crippen molar-refractivity contribution in [3.63, 3.8) is 0 Å². The van der Waals surface area contributed by atoms with Gasteiger partial charge in [0.05, 0.1) is 0 Å². The Bertz CT molecular complexity index is 471. The number of nitrogens with zero attached hydrogens (tertiary/aromatic N) is 1. The molecule has 108 valence electrons. The Labute approximate surface area is 121 Å². The lowest BCUT2D eigenvalue weighted by Gasteiger charge is -2.37. The first-order chi connectivity index (χ1) is 9.83. The van der Waals surface area contributed by atoms with Gasteiger partial charge in [-0.15, -0.1) is 0 Å². The Morgan fingerprint density at radius 1 is 1.25 bits per heavy atom. The summed E-state index contributed by atoms with van der Waals surface area (Å²) >= 11 is 0. The third kappa shape index (κ3) is 4.35. The molecule has 0 amide bonds. The van der Waals surface area contributed by atoms with Gasteiger partial charge in [-0.2, -0.15) is 0 Å². The molecular formula is C17H23NO2. The number of hydrogen-bond acceptors (Lipinski definition) is 3. The van der Waals surface area contributed by atoms with Gasteiger partial charge in [0.2, 0.25) is 0 Å². The van der Waals surface area contributed by atoms with Crippen LogP contribution in [0.25, 0.3) is 0 Å². The summed E-state index contributed by atoms with van der Waals surface area (Å²) in [7, 11) is 0. The largest absolute Gasteiger partial charge is 0.396 e. The second-order valence-corrected chi connectivity index (χ2v) is 5.29. The normalized spacial score (nSPS) is 14.8. The van der Waals surface area contributed by atoms with Gasteiger partial charge in [0.15, 0.2) is 0 Å². The van der Waals surface area contributed by atoms with Gasteiger partial charge in [-0.05, 0) is 37.0 Å². The first-order valence-electron chi connectivity index (χ1n) is 7.37. The molecule has 0 saturated heterocycles. The van der Waals surface area contributed by atoms with Gasteiger partial charge in [-0.25, -0.2) is 0 Å². The fourth-order valence-electron chi connectivity index (χ4n) is 2.54. The third-order valence-corrected chi connectivity index (χ3v) is 3.82. The number of hydrogen-bond donors (Lipinski definition) is 2. The zero-order valence-electron chi connectivity index (χ0n) is 11.9. The molecular weight excluding hydrogens is 250 g/mol. The van der Waals surface area contributed by atoms with Crippen molar-refractivity contribution in [3.8, 4) is 11.8 Å². The average Bonchev–Trinajstić information content (AvgIpc) is 2.41. The molecule has 3 nitrogen and oxygen atoms in total. The maximum Gasteiger partial charge on any atom is 0.104 e. The summed E-state index contributed by atoms with van der Waals surface area (Å²) in [6.07, 6.45) is 4.70. The van der Waals surface area contributed by atoms with Crippen molar-refractivity contribution >= 4 is 0 Å². The molecule has 0 bridgehead atoms. The van der Waals surface area contributed by atoms with Crippen molar-refractivity contribution in [2.24, 2.45) is 0 Å². The van der Waals surface area contributed by atoms with Gasteiger partial charge in [0.25, 0.3) is 0 Å². The molecule has 0 spiro atoms. The third-order valence-electron chi connectivity index (χ3n) is 3.82. The summed E-state index contributed by atoms with van der Waals surface area (Å²) in [5.74, 6) is 5.63. The minimum Gasteiger partial charge on any atom is -0.396 e. The van der Waals surface area contributed by atoms with E-state index < -0.39 is 0 Å². The molecule has 0 radical (unpaired) electrons. The fourth-order valence-corrected chi connectivity index (χ4v) is 2.54. The van der Waals surface area contributed by atoms with Crippen LogP contribution in [0.2, 0.25) is 0 Å². The number of aliphatic hydroxyl groups is 2. The highest BCUT2D eigenvalue weighted by molar-refractivity contribution is 5.37. The minimum atomic E-state index is -0.102. The molecule has 1 fully saturated rings. The van der Waals surface area contributed by atoms with Crippen molar-refractivity contribution in [2.75, 3.05) is 19.8 Å². The van der Waals surface area contributed by atoms with Crippen molar-refractivity contribution in [1.29, 1.82) is 0 Å². The fraction of sp³-hybridized carbons (Fsp3) is 0.529. The predicted molar refractivity (Wildman–Crippen MR) is 80.2 cm³/mol. The molecule has 0 aliphatic heterocycles. The summed E-state index contributed by atoms with van der Waals surface area (Å²) in [6.45, 7) is 2.02. The van der Waals surface area contributed by atoms with Crippen molar-refractivity contribution in [1.82, 2.24) is 4.90 Å². The van der Waals surface area contributed by atoms with E-state index in [0.29, 0.717) is 6.04 Å². The van der Waals surface area contributed by atoms with E-state index in [1.807, 2.05) is 12.1 Å². The number of aliphatic hydroxyl groups excluding tert-OH is 2. The Balaban J connectivity index is 2.01. The molecule has 3 heteroatoms. The quantitative estimate of drug-likeness (QED) is 0.776. The molecule has 0 unspecified atom stereocenters. The molecule has 2 rings (SSSR count). The summed E-state index contributed by atoms with van der Waals surface area (Å²) in [5, 5.41) is 17.8. The van der Waals surface area contributed by atoms with E-state index in [-0.39, 0.29) is 13.2 Å². The van der Waals surface area contributed by atoms with Crippen molar-refractivity contribution in [2.45, 2.75) is 38.3 Å². The van der Waals surface area contributed by atoms with Crippen LogP contribution in [0.3, 0.4) is 0 Å². The smallest absolute Gasteiger partial charge is 0.104 e. The summed E-state index contributed by atoms with van der Waals surface area (Å²) in [4.78, 5) is 2.47.